The van der Waals surface area contributed by atoms with Crippen LogP contribution in [0.15, 0.2) is 18.2 Å². The monoisotopic (exact) mass is 219 g/mol. The van der Waals surface area contributed by atoms with E-state index in [9.17, 15) is 10.1 Å². The van der Waals surface area contributed by atoms with Gasteiger partial charge < -0.3 is 4.57 Å². The van der Waals surface area contributed by atoms with Gasteiger partial charge in [0.15, 0.2) is 0 Å². The van der Waals surface area contributed by atoms with Crippen LogP contribution in [-0.2, 0) is 0 Å². The first-order valence-electron chi connectivity index (χ1n) is 5.13. The zero-order chi connectivity index (χ0) is 11.9. The Bertz CT molecular complexity index is 558. The molecule has 84 valence electrons. The number of aromatic nitrogens is 2. The second kappa shape index (κ2) is 3.59. The lowest BCUT2D eigenvalue weighted by atomic mass is 10.2. The van der Waals surface area contributed by atoms with Gasteiger partial charge in [0, 0.05) is 18.2 Å². The molecule has 0 aliphatic heterocycles. The fourth-order valence-corrected chi connectivity index (χ4v) is 1.97. The van der Waals surface area contributed by atoms with Gasteiger partial charge in [0.25, 0.3) is 5.69 Å². The fraction of sp³-hybridized carbons (Fsp3) is 0.364. The molecule has 0 bridgehead atoms. The minimum atomic E-state index is -0.400. The second-order valence-corrected chi connectivity index (χ2v) is 4.05. The summed E-state index contributed by atoms with van der Waals surface area (Å²) in [6.07, 6.45) is 0. The number of imidazole rings is 1. The van der Waals surface area contributed by atoms with E-state index in [-0.39, 0.29) is 5.69 Å². The van der Waals surface area contributed by atoms with Crippen molar-refractivity contribution in [2.45, 2.75) is 26.8 Å². The van der Waals surface area contributed by atoms with Crippen molar-refractivity contribution in [3.8, 4) is 0 Å². The van der Waals surface area contributed by atoms with Crippen molar-refractivity contribution in [1.29, 1.82) is 0 Å². The molecule has 0 amide bonds. The van der Waals surface area contributed by atoms with Gasteiger partial charge in [-0.2, -0.15) is 0 Å². The van der Waals surface area contributed by atoms with E-state index >= 15 is 0 Å². The summed E-state index contributed by atoms with van der Waals surface area (Å²) >= 11 is 0. The van der Waals surface area contributed by atoms with Gasteiger partial charge in [0.2, 0.25) is 0 Å². The molecule has 0 saturated carbocycles. The molecule has 5 heteroatoms. The van der Waals surface area contributed by atoms with Crippen LogP contribution < -0.4 is 0 Å². The standard InChI is InChI=1S/C11H13N3O2/c1-7(2)13-8(3)12-10-6-9(14(15)16)4-5-11(10)13/h4-7H,1-3H3. The van der Waals surface area contributed by atoms with Gasteiger partial charge in [0.05, 0.1) is 16.0 Å². The zero-order valence-corrected chi connectivity index (χ0v) is 9.47. The molecule has 0 N–H and O–H groups in total. The third-order valence-electron chi connectivity index (χ3n) is 2.58. The maximum absolute atomic E-state index is 10.6. The highest BCUT2D eigenvalue weighted by molar-refractivity contribution is 5.78. The Kier molecular flexibility index (Phi) is 2.38. The van der Waals surface area contributed by atoms with E-state index in [1.807, 2.05) is 6.92 Å². The van der Waals surface area contributed by atoms with E-state index in [4.69, 9.17) is 0 Å². The smallest absolute Gasteiger partial charge is 0.271 e. The van der Waals surface area contributed by atoms with Crippen LogP contribution in [0.5, 0.6) is 0 Å². The molecule has 0 unspecified atom stereocenters. The van der Waals surface area contributed by atoms with E-state index < -0.39 is 4.92 Å². The van der Waals surface area contributed by atoms with Crippen LogP contribution in [-0.4, -0.2) is 14.5 Å². The molecule has 0 saturated heterocycles. The first-order chi connectivity index (χ1) is 7.50. The first kappa shape index (κ1) is 10.6. The van der Waals surface area contributed by atoms with E-state index in [2.05, 4.69) is 23.4 Å². The Morgan fingerprint density at radius 3 is 2.69 bits per heavy atom. The van der Waals surface area contributed by atoms with Crippen molar-refractivity contribution in [3.63, 3.8) is 0 Å². The number of aryl methyl sites for hydroxylation is 1. The quantitative estimate of drug-likeness (QED) is 0.576. The summed E-state index contributed by atoms with van der Waals surface area (Å²) in [5.74, 6) is 0.880. The highest BCUT2D eigenvalue weighted by Gasteiger charge is 2.13. The van der Waals surface area contributed by atoms with Crippen molar-refractivity contribution < 1.29 is 4.92 Å². The molecule has 16 heavy (non-hydrogen) atoms. The molecule has 0 radical (unpaired) electrons. The normalized spacial score (nSPS) is 11.2. The van der Waals surface area contributed by atoms with Crippen LogP contribution in [0, 0.1) is 17.0 Å². The van der Waals surface area contributed by atoms with Gasteiger partial charge in [-0.05, 0) is 26.8 Å². The van der Waals surface area contributed by atoms with Gasteiger partial charge in [-0.15, -0.1) is 0 Å². The Balaban J connectivity index is 2.70. The lowest BCUT2D eigenvalue weighted by Crippen LogP contribution is -2.02. The second-order valence-electron chi connectivity index (χ2n) is 4.05. The molecule has 1 aromatic carbocycles. The summed E-state index contributed by atoms with van der Waals surface area (Å²) in [6.45, 7) is 6.04. The third-order valence-corrected chi connectivity index (χ3v) is 2.58. The average Bonchev–Trinajstić information content (AvgIpc) is 2.51. The predicted molar refractivity (Wildman–Crippen MR) is 61.5 cm³/mol. The van der Waals surface area contributed by atoms with Gasteiger partial charge >= 0.3 is 0 Å². The Hall–Kier alpha value is -1.91. The first-order valence-corrected chi connectivity index (χ1v) is 5.13. The molecule has 0 spiro atoms. The summed E-state index contributed by atoms with van der Waals surface area (Å²) in [4.78, 5) is 14.6. The molecule has 0 aliphatic rings. The van der Waals surface area contributed by atoms with Crippen molar-refractivity contribution in [1.82, 2.24) is 9.55 Å². The topological polar surface area (TPSA) is 61.0 Å². The van der Waals surface area contributed by atoms with Crippen LogP contribution in [0.4, 0.5) is 5.69 Å². The van der Waals surface area contributed by atoms with Gasteiger partial charge in [-0.1, -0.05) is 0 Å². The molecule has 1 aromatic heterocycles. The number of rotatable bonds is 2. The summed E-state index contributed by atoms with van der Waals surface area (Å²) < 4.78 is 2.07. The number of non-ortho nitro benzene ring substituents is 1. The molecule has 0 atom stereocenters. The molecule has 5 nitrogen and oxygen atoms in total. The van der Waals surface area contributed by atoms with Crippen molar-refractivity contribution in [2.24, 2.45) is 0 Å². The SMILES string of the molecule is Cc1nc2cc([N+](=O)[O-])ccc2n1C(C)C. The van der Waals surface area contributed by atoms with Crippen molar-refractivity contribution in [3.05, 3.63) is 34.1 Å². The summed E-state index contributed by atoms with van der Waals surface area (Å²) in [7, 11) is 0. The van der Waals surface area contributed by atoms with Gasteiger partial charge in [-0.3, -0.25) is 10.1 Å². The Morgan fingerprint density at radius 2 is 2.12 bits per heavy atom. The molecular formula is C11H13N3O2. The predicted octanol–water partition coefficient (Wildman–Crippen LogP) is 2.83. The fourth-order valence-electron chi connectivity index (χ4n) is 1.97. The Labute approximate surface area is 92.9 Å². The molecule has 2 aromatic rings. The molecular weight excluding hydrogens is 206 g/mol. The van der Waals surface area contributed by atoms with Crippen LogP contribution >= 0.6 is 0 Å². The minimum Gasteiger partial charge on any atom is -0.326 e. The van der Waals surface area contributed by atoms with Crippen LogP contribution in [0.25, 0.3) is 11.0 Å². The number of nitrogens with zero attached hydrogens (tertiary/aromatic N) is 3. The van der Waals surface area contributed by atoms with Crippen molar-refractivity contribution >= 4 is 16.7 Å². The number of fused-ring (bicyclic) bond motifs is 1. The highest BCUT2D eigenvalue weighted by Crippen LogP contribution is 2.24. The number of hydrogen-bond acceptors (Lipinski definition) is 3. The van der Waals surface area contributed by atoms with Crippen LogP contribution in [0.1, 0.15) is 25.7 Å². The molecule has 0 fully saturated rings. The lowest BCUT2D eigenvalue weighted by Gasteiger charge is -2.10. The zero-order valence-electron chi connectivity index (χ0n) is 9.47. The molecule has 1 heterocycles. The van der Waals surface area contributed by atoms with Crippen LogP contribution in [0.2, 0.25) is 0 Å². The maximum atomic E-state index is 10.6. The largest absolute Gasteiger partial charge is 0.326 e. The Morgan fingerprint density at radius 1 is 1.44 bits per heavy atom. The number of benzene rings is 1. The van der Waals surface area contributed by atoms with Gasteiger partial charge in [-0.25, -0.2) is 4.98 Å². The summed E-state index contributed by atoms with van der Waals surface area (Å²) in [6, 6.07) is 5.09. The van der Waals surface area contributed by atoms with E-state index in [0.29, 0.717) is 11.6 Å². The number of nitro groups is 1. The average molecular weight is 219 g/mol. The third kappa shape index (κ3) is 1.54. The molecule has 0 aliphatic carbocycles. The lowest BCUT2D eigenvalue weighted by molar-refractivity contribution is -0.384. The highest BCUT2D eigenvalue weighted by atomic mass is 16.6. The number of nitro benzene ring substituents is 1. The summed E-state index contributed by atoms with van der Waals surface area (Å²) in [5, 5.41) is 10.6. The number of hydrogen-bond donors (Lipinski definition) is 0. The van der Waals surface area contributed by atoms with E-state index in [0.717, 1.165) is 11.3 Å². The summed E-state index contributed by atoms with van der Waals surface area (Å²) in [5.41, 5.74) is 1.71. The maximum Gasteiger partial charge on any atom is 0.271 e. The van der Waals surface area contributed by atoms with E-state index in [1.165, 1.54) is 12.1 Å². The van der Waals surface area contributed by atoms with Crippen LogP contribution in [0.3, 0.4) is 0 Å². The van der Waals surface area contributed by atoms with Crippen molar-refractivity contribution in [2.75, 3.05) is 0 Å². The minimum absolute atomic E-state index is 0.0842. The molecule has 2 rings (SSSR count). The van der Waals surface area contributed by atoms with Gasteiger partial charge in [0.1, 0.15) is 5.82 Å². The van der Waals surface area contributed by atoms with E-state index in [1.54, 1.807) is 6.07 Å².